The van der Waals surface area contributed by atoms with Crippen LogP contribution in [0.4, 0.5) is 0 Å². The number of rotatable bonds is 9. The van der Waals surface area contributed by atoms with Crippen molar-refractivity contribution in [3.63, 3.8) is 0 Å². The van der Waals surface area contributed by atoms with Crippen LogP contribution in [-0.4, -0.2) is 62.2 Å². The molecular weight excluding hydrogens is 496 g/mol. The lowest BCUT2D eigenvalue weighted by Gasteiger charge is -2.23. The van der Waals surface area contributed by atoms with Crippen LogP contribution in [0.1, 0.15) is 24.2 Å². The topological polar surface area (TPSA) is 107 Å². The Hall–Kier alpha value is -2.79. The highest BCUT2D eigenvalue weighted by molar-refractivity contribution is 6.76. The highest BCUT2D eigenvalue weighted by Crippen LogP contribution is 2.30. The summed E-state index contributed by atoms with van der Waals surface area (Å²) in [5.41, 5.74) is 2.62. The van der Waals surface area contributed by atoms with E-state index >= 15 is 0 Å². The summed E-state index contributed by atoms with van der Waals surface area (Å²) in [7, 11) is 0.616. The van der Waals surface area contributed by atoms with Crippen LogP contribution < -0.4 is 5.32 Å². The maximum atomic E-state index is 13.2. The predicted octanol–water partition coefficient (Wildman–Crippen LogP) is 4.45. The van der Waals surface area contributed by atoms with Crippen LogP contribution in [0.3, 0.4) is 0 Å². The van der Waals surface area contributed by atoms with Gasteiger partial charge < -0.3 is 19.7 Å². The zero-order valence-corrected chi connectivity index (χ0v) is 23.3. The second-order valence-electron chi connectivity index (χ2n) is 10.9. The average molecular weight is 529 g/mol. The summed E-state index contributed by atoms with van der Waals surface area (Å²) < 4.78 is 9.48. The SMILES string of the molecule is Cn1nc(-c2cnc3c(n2)c(C(=O)NC(C)(C)CO)cn3COCC[Si](C)(C)C)c2ccc(Cl)cc21. The summed E-state index contributed by atoms with van der Waals surface area (Å²) >= 11 is 6.18. The number of hydrogen-bond acceptors (Lipinski definition) is 6. The third-order valence-corrected chi connectivity index (χ3v) is 7.88. The molecule has 0 radical (unpaired) electrons. The number of aromatic nitrogens is 5. The van der Waals surface area contributed by atoms with Gasteiger partial charge in [0.1, 0.15) is 23.6 Å². The van der Waals surface area contributed by atoms with Crippen molar-refractivity contribution in [2.75, 3.05) is 13.2 Å². The highest BCUT2D eigenvalue weighted by Gasteiger charge is 2.25. The number of halogens is 1. The smallest absolute Gasteiger partial charge is 0.255 e. The van der Waals surface area contributed by atoms with E-state index in [1.54, 1.807) is 35.5 Å². The van der Waals surface area contributed by atoms with Gasteiger partial charge in [-0.3, -0.25) is 9.48 Å². The number of nitrogens with zero attached hydrogens (tertiary/aromatic N) is 5. The van der Waals surface area contributed by atoms with Gasteiger partial charge in [-0.2, -0.15) is 5.10 Å². The van der Waals surface area contributed by atoms with Crippen LogP contribution in [0.5, 0.6) is 0 Å². The Morgan fingerprint density at radius 2 is 2.03 bits per heavy atom. The number of aliphatic hydroxyl groups excluding tert-OH is 1. The second-order valence-corrected chi connectivity index (χ2v) is 17.0. The van der Waals surface area contributed by atoms with Gasteiger partial charge in [0, 0.05) is 38.3 Å². The summed E-state index contributed by atoms with van der Waals surface area (Å²) in [6.07, 6.45) is 3.37. The molecule has 0 aliphatic rings. The molecule has 1 amide bonds. The fraction of sp³-hybridized carbons (Fsp3) is 0.440. The van der Waals surface area contributed by atoms with Crippen LogP contribution in [-0.2, 0) is 18.5 Å². The minimum absolute atomic E-state index is 0.198. The highest BCUT2D eigenvalue weighted by atomic mass is 35.5. The minimum atomic E-state index is -1.23. The molecule has 0 spiro atoms. The molecule has 0 aliphatic heterocycles. The fourth-order valence-electron chi connectivity index (χ4n) is 3.81. The molecule has 0 aliphatic carbocycles. The molecule has 4 rings (SSSR count). The number of hydrogen-bond donors (Lipinski definition) is 2. The lowest BCUT2D eigenvalue weighted by Crippen LogP contribution is -2.46. The van der Waals surface area contributed by atoms with E-state index in [4.69, 9.17) is 21.3 Å². The van der Waals surface area contributed by atoms with Gasteiger partial charge in [0.25, 0.3) is 5.91 Å². The van der Waals surface area contributed by atoms with Crippen molar-refractivity contribution in [1.82, 2.24) is 29.6 Å². The molecule has 9 nitrogen and oxygen atoms in total. The third-order valence-electron chi connectivity index (χ3n) is 5.94. The summed E-state index contributed by atoms with van der Waals surface area (Å²) in [6, 6.07) is 6.60. The maximum Gasteiger partial charge on any atom is 0.255 e. The largest absolute Gasteiger partial charge is 0.394 e. The zero-order valence-electron chi connectivity index (χ0n) is 21.6. The molecule has 3 aromatic heterocycles. The van der Waals surface area contributed by atoms with E-state index in [1.165, 1.54) is 0 Å². The van der Waals surface area contributed by atoms with E-state index < -0.39 is 13.6 Å². The lowest BCUT2D eigenvalue weighted by atomic mass is 10.1. The van der Waals surface area contributed by atoms with Gasteiger partial charge in [0.15, 0.2) is 5.65 Å². The Morgan fingerprint density at radius 1 is 1.28 bits per heavy atom. The van der Waals surface area contributed by atoms with Crippen molar-refractivity contribution in [2.24, 2.45) is 7.05 Å². The van der Waals surface area contributed by atoms with E-state index in [-0.39, 0.29) is 19.2 Å². The van der Waals surface area contributed by atoms with Crippen molar-refractivity contribution in [3.8, 4) is 11.4 Å². The monoisotopic (exact) mass is 528 g/mol. The molecular formula is C25H33ClN6O3Si. The predicted molar refractivity (Wildman–Crippen MR) is 145 cm³/mol. The van der Waals surface area contributed by atoms with Crippen LogP contribution in [0.2, 0.25) is 30.7 Å². The number of carbonyl (C=O) groups excluding carboxylic acids is 1. The normalized spacial score (nSPS) is 12.6. The van der Waals surface area contributed by atoms with Crippen molar-refractivity contribution in [1.29, 1.82) is 0 Å². The molecule has 4 aromatic rings. The van der Waals surface area contributed by atoms with Gasteiger partial charge in [-0.1, -0.05) is 31.2 Å². The first-order valence-corrected chi connectivity index (χ1v) is 16.0. The molecule has 3 heterocycles. The Bertz CT molecular complexity index is 1420. The van der Waals surface area contributed by atoms with Crippen molar-refractivity contribution < 1.29 is 14.6 Å². The number of aryl methyl sites for hydroxylation is 1. The molecule has 0 unspecified atom stereocenters. The van der Waals surface area contributed by atoms with Crippen molar-refractivity contribution in [3.05, 3.63) is 41.2 Å². The number of ether oxygens (including phenoxy) is 1. The molecule has 36 heavy (non-hydrogen) atoms. The Balaban J connectivity index is 1.76. The van der Waals surface area contributed by atoms with E-state index in [0.717, 1.165) is 16.9 Å². The van der Waals surface area contributed by atoms with Gasteiger partial charge in [-0.15, -0.1) is 0 Å². The van der Waals surface area contributed by atoms with Crippen LogP contribution in [0.25, 0.3) is 33.5 Å². The van der Waals surface area contributed by atoms with E-state index in [1.807, 2.05) is 25.2 Å². The minimum Gasteiger partial charge on any atom is -0.394 e. The molecule has 11 heteroatoms. The molecule has 0 atom stereocenters. The number of amides is 1. The first kappa shape index (κ1) is 26.3. The van der Waals surface area contributed by atoms with E-state index in [0.29, 0.717) is 39.7 Å². The Morgan fingerprint density at radius 3 is 2.72 bits per heavy atom. The summed E-state index contributed by atoms with van der Waals surface area (Å²) in [4.78, 5) is 22.7. The molecule has 192 valence electrons. The number of carbonyl (C=O) groups is 1. The van der Waals surface area contributed by atoms with Crippen LogP contribution in [0.15, 0.2) is 30.6 Å². The number of benzene rings is 1. The Kier molecular flexibility index (Phi) is 7.25. The molecule has 0 saturated heterocycles. The van der Waals surface area contributed by atoms with E-state index in [2.05, 4.69) is 35.0 Å². The van der Waals surface area contributed by atoms with Gasteiger partial charge in [0.05, 0.1) is 29.4 Å². The summed E-state index contributed by atoms with van der Waals surface area (Å²) in [6.45, 7) is 11.1. The van der Waals surface area contributed by atoms with Gasteiger partial charge in [-0.05, 0) is 38.1 Å². The number of fused-ring (bicyclic) bond motifs is 2. The molecule has 1 aromatic carbocycles. The standard InChI is InChI=1S/C25H33ClN6O3Si/c1-25(2,14-33)29-24(34)18-13-32(15-35-9-10-36(4,5)6)23-22(18)28-19(12-27-23)21-17-8-7-16(26)11-20(17)31(3)30-21/h7-8,11-13,33H,9-10,14-15H2,1-6H3,(H,29,34). The quantitative estimate of drug-likeness (QED) is 0.245. The first-order valence-electron chi connectivity index (χ1n) is 11.9. The van der Waals surface area contributed by atoms with Crippen LogP contribution >= 0.6 is 11.6 Å². The van der Waals surface area contributed by atoms with Crippen molar-refractivity contribution in [2.45, 2.75) is 51.8 Å². The maximum absolute atomic E-state index is 13.2. The average Bonchev–Trinajstić information content (AvgIpc) is 3.33. The summed E-state index contributed by atoms with van der Waals surface area (Å²) in [5, 5.41) is 18.7. The number of nitrogens with one attached hydrogen (secondary N) is 1. The lowest BCUT2D eigenvalue weighted by molar-refractivity contribution is 0.0859. The number of aliphatic hydroxyl groups is 1. The van der Waals surface area contributed by atoms with Crippen molar-refractivity contribution >= 4 is 47.6 Å². The van der Waals surface area contributed by atoms with Crippen LogP contribution in [0, 0.1) is 0 Å². The summed E-state index contributed by atoms with van der Waals surface area (Å²) in [5.74, 6) is -0.344. The zero-order chi connectivity index (χ0) is 26.3. The second kappa shape index (κ2) is 9.93. The molecule has 0 saturated carbocycles. The molecule has 0 fully saturated rings. The fourth-order valence-corrected chi connectivity index (χ4v) is 4.73. The van der Waals surface area contributed by atoms with Gasteiger partial charge >= 0.3 is 0 Å². The third kappa shape index (κ3) is 5.62. The first-order chi connectivity index (χ1) is 16.9. The molecule has 0 bridgehead atoms. The molecule has 2 N–H and O–H groups in total. The van der Waals surface area contributed by atoms with Gasteiger partial charge in [0.2, 0.25) is 0 Å². The van der Waals surface area contributed by atoms with Gasteiger partial charge in [-0.25, -0.2) is 9.97 Å². The Labute approximate surface area is 216 Å². The van der Waals surface area contributed by atoms with E-state index in [9.17, 15) is 9.90 Å².